The van der Waals surface area contributed by atoms with E-state index in [-0.39, 0.29) is 23.6 Å². The highest BCUT2D eigenvalue weighted by atomic mass is 32.2. The molecule has 0 bridgehead atoms. The number of benzene rings is 2. The van der Waals surface area contributed by atoms with E-state index in [0.29, 0.717) is 61.9 Å². The van der Waals surface area contributed by atoms with Crippen LogP contribution in [0.5, 0.6) is 0 Å². The number of aliphatic imine (C=N–C) groups is 1. The first kappa shape index (κ1) is 42.5. The molecule has 0 atom stereocenters. The Labute approximate surface area is 311 Å². The summed E-state index contributed by atoms with van der Waals surface area (Å²) < 4.78 is 31.4. The molecule has 0 fully saturated rings. The van der Waals surface area contributed by atoms with Gasteiger partial charge in [0.15, 0.2) is 5.78 Å². The van der Waals surface area contributed by atoms with Gasteiger partial charge in [0.05, 0.1) is 28.9 Å². The summed E-state index contributed by atoms with van der Waals surface area (Å²) in [5.74, 6) is -1.23. The Kier molecular flexibility index (Phi) is 18.2. The average molecular weight is 738 g/mol. The van der Waals surface area contributed by atoms with Gasteiger partial charge in [0, 0.05) is 63.1 Å². The number of allylic oxidation sites excluding steroid dienone is 1. The van der Waals surface area contributed by atoms with Gasteiger partial charge in [-0.3, -0.25) is 14.4 Å². The van der Waals surface area contributed by atoms with E-state index >= 15 is 0 Å². The topological polar surface area (TPSA) is 146 Å². The monoisotopic (exact) mass is 737 g/mol. The molecule has 2 amide bonds. The Hall–Kier alpha value is -3.87. The SMILES string of the molecule is CCCCCCCCCCCCOCCCNC(=O)C1=CC(=Nc2ccc(N(CC)CCNS(C)(=O)=O)cc2C)c2c(NC(C)=O)cccc2C1=O. The molecule has 0 saturated heterocycles. The van der Waals surface area contributed by atoms with Crippen LogP contribution in [0, 0.1) is 6.92 Å². The zero-order chi connectivity index (χ0) is 37.9. The van der Waals surface area contributed by atoms with Crippen molar-refractivity contribution < 1.29 is 27.5 Å². The van der Waals surface area contributed by atoms with Gasteiger partial charge in [-0.25, -0.2) is 18.1 Å². The molecule has 3 N–H and O–H groups in total. The number of nitrogens with zero attached hydrogens (tertiary/aromatic N) is 2. The average Bonchev–Trinajstić information content (AvgIpc) is 3.09. The van der Waals surface area contributed by atoms with Crippen LogP contribution in [0.25, 0.3) is 0 Å². The van der Waals surface area contributed by atoms with Gasteiger partial charge in [-0.2, -0.15) is 0 Å². The Balaban J connectivity index is 1.65. The number of rotatable bonds is 24. The minimum atomic E-state index is -3.29. The second-order valence-corrected chi connectivity index (χ2v) is 15.2. The maximum Gasteiger partial charge on any atom is 0.255 e. The highest BCUT2D eigenvalue weighted by molar-refractivity contribution is 7.88. The maximum absolute atomic E-state index is 13.7. The molecule has 286 valence electrons. The third-order valence-corrected chi connectivity index (χ3v) is 9.68. The fourth-order valence-corrected chi connectivity index (χ4v) is 6.64. The largest absolute Gasteiger partial charge is 0.381 e. The molecular weight excluding hydrogens is 679 g/mol. The van der Waals surface area contributed by atoms with Gasteiger partial charge in [-0.1, -0.05) is 76.8 Å². The lowest BCUT2D eigenvalue weighted by molar-refractivity contribution is -0.117. The number of carbonyl (C=O) groups is 3. The fraction of sp³-hybridized carbons (Fsp3) is 0.550. The van der Waals surface area contributed by atoms with Crippen LogP contribution in [-0.4, -0.2) is 77.4 Å². The van der Waals surface area contributed by atoms with Crippen molar-refractivity contribution in [3.63, 3.8) is 0 Å². The molecule has 3 rings (SSSR count). The molecule has 0 unspecified atom stereocenters. The van der Waals surface area contributed by atoms with Gasteiger partial charge in [0.2, 0.25) is 15.9 Å². The van der Waals surface area contributed by atoms with Crippen molar-refractivity contribution in [3.8, 4) is 0 Å². The number of nitrogens with one attached hydrogen (secondary N) is 3. The molecule has 0 saturated carbocycles. The van der Waals surface area contributed by atoms with Crippen molar-refractivity contribution in [3.05, 3.63) is 64.7 Å². The summed E-state index contributed by atoms with van der Waals surface area (Å²) in [7, 11) is -3.29. The van der Waals surface area contributed by atoms with Crippen molar-refractivity contribution in [2.45, 2.75) is 98.3 Å². The van der Waals surface area contributed by atoms with Gasteiger partial charge in [-0.15, -0.1) is 0 Å². The summed E-state index contributed by atoms with van der Waals surface area (Å²) in [4.78, 5) is 46.1. The number of sulfonamides is 1. The lowest BCUT2D eigenvalue weighted by atomic mass is 9.87. The van der Waals surface area contributed by atoms with Gasteiger partial charge in [-0.05, 0) is 62.6 Å². The minimum Gasteiger partial charge on any atom is -0.381 e. The number of aryl methyl sites for hydroxylation is 1. The number of anilines is 2. The zero-order valence-corrected chi connectivity index (χ0v) is 32.6. The van der Waals surface area contributed by atoms with E-state index in [1.165, 1.54) is 70.8 Å². The summed E-state index contributed by atoms with van der Waals surface area (Å²) in [6.07, 6.45) is 16.0. The Morgan fingerprint density at radius 3 is 2.19 bits per heavy atom. The molecule has 12 heteroatoms. The molecule has 0 heterocycles. The second-order valence-electron chi connectivity index (χ2n) is 13.4. The van der Waals surface area contributed by atoms with Crippen molar-refractivity contribution in [2.75, 3.05) is 55.9 Å². The lowest BCUT2D eigenvalue weighted by Gasteiger charge is -2.24. The molecule has 1 aliphatic carbocycles. The van der Waals surface area contributed by atoms with Crippen LogP contribution in [0.3, 0.4) is 0 Å². The number of hydrogen-bond donors (Lipinski definition) is 3. The summed E-state index contributed by atoms with van der Waals surface area (Å²) in [6, 6.07) is 10.7. The third-order valence-electron chi connectivity index (χ3n) is 8.95. The van der Waals surface area contributed by atoms with Crippen molar-refractivity contribution in [2.24, 2.45) is 4.99 Å². The number of hydrogen-bond acceptors (Lipinski definition) is 8. The van der Waals surface area contributed by atoms with Crippen LogP contribution in [0.2, 0.25) is 0 Å². The van der Waals surface area contributed by atoms with Gasteiger partial charge in [0.1, 0.15) is 0 Å². The predicted molar refractivity (Wildman–Crippen MR) is 212 cm³/mol. The minimum absolute atomic E-state index is 0.0256. The Morgan fingerprint density at radius 1 is 0.885 bits per heavy atom. The van der Waals surface area contributed by atoms with Gasteiger partial charge < -0.3 is 20.3 Å². The van der Waals surface area contributed by atoms with E-state index in [2.05, 4.69) is 27.2 Å². The van der Waals surface area contributed by atoms with Crippen molar-refractivity contribution >= 4 is 50.4 Å². The second kappa shape index (κ2) is 22.3. The first-order chi connectivity index (χ1) is 24.9. The van der Waals surface area contributed by atoms with E-state index in [4.69, 9.17) is 9.73 Å². The number of unbranched alkanes of at least 4 members (excludes halogenated alkanes) is 9. The maximum atomic E-state index is 13.7. The zero-order valence-electron chi connectivity index (χ0n) is 31.8. The van der Waals surface area contributed by atoms with E-state index in [0.717, 1.165) is 23.9 Å². The summed E-state index contributed by atoms with van der Waals surface area (Å²) >= 11 is 0. The molecule has 2 aromatic rings. The Morgan fingerprint density at radius 2 is 1.56 bits per heavy atom. The van der Waals surface area contributed by atoms with Crippen LogP contribution < -0.4 is 20.3 Å². The number of ether oxygens (including phenoxy) is 1. The van der Waals surface area contributed by atoms with E-state index in [1.807, 2.05) is 32.0 Å². The molecule has 0 spiro atoms. The highest BCUT2D eigenvalue weighted by Gasteiger charge is 2.30. The van der Waals surface area contributed by atoms with Crippen LogP contribution in [0.4, 0.5) is 17.1 Å². The first-order valence-corrected chi connectivity index (χ1v) is 20.8. The fourth-order valence-electron chi connectivity index (χ4n) is 6.18. The standard InChI is InChI=1S/C40H59N5O6S/c1-6-8-9-10-11-12-13-14-15-16-26-51-27-18-23-41-40(48)34-29-37(38-33(39(34)47)19-17-20-36(38)43-31(4)46)44-35-22-21-32(28-30(35)3)45(7-2)25-24-42-52(5,49)50/h17,19-22,28-29,42H,6-16,18,23-27H2,1-5H3,(H,41,48)(H,43,46). The van der Waals surface area contributed by atoms with Crippen molar-refractivity contribution in [1.82, 2.24) is 10.0 Å². The van der Waals surface area contributed by atoms with Gasteiger partial charge >= 0.3 is 0 Å². The molecule has 0 radical (unpaired) electrons. The molecule has 52 heavy (non-hydrogen) atoms. The summed E-state index contributed by atoms with van der Waals surface area (Å²) in [5, 5.41) is 5.67. The van der Waals surface area contributed by atoms with E-state index in [9.17, 15) is 22.8 Å². The number of Topliss-reactive ketones (excluding diaryl/α,β-unsaturated/α-hetero) is 1. The molecule has 2 aromatic carbocycles. The van der Waals surface area contributed by atoms with E-state index < -0.39 is 21.7 Å². The normalized spacial score (nSPS) is 13.5. The number of amides is 2. The smallest absolute Gasteiger partial charge is 0.255 e. The van der Waals surface area contributed by atoms with E-state index in [1.54, 1.807) is 18.2 Å². The lowest BCUT2D eigenvalue weighted by Crippen LogP contribution is -2.34. The molecule has 11 nitrogen and oxygen atoms in total. The van der Waals surface area contributed by atoms with Crippen LogP contribution >= 0.6 is 0 Å². The highest BCUT2D eigenvalue weighted by Crippen LogP contribution is 2.32. The molecule has 0 aromatic heterocycles. The number of carbonyl (C=O) groups excluding carboxylic acids is 3. The van der Waals surface area contributed by atoms with Crippen LogP contribution in [0.1, 0.15) is 113 Å². The molecule has 1 aliphatic rings. The van der Waals surface area contributed by atoms with Crippen LogP contribution in [-0.2, 0) is 24.3 Å². The first-order valence-electron chi connectivity index (χ1n) is 18.9. The number of likely N-dealkylation sites (N-methyl/N-ethyl adjacent to an activating group) is 1. The summed E-state index contributed by atoms with van der Waals surface area (Å²) in [5.41, 5.74) is 3.88. The van der Waals surface area contributed by atoms with Gasteiger partial charge in [0.25, 0.3) is 5.91 Å². The summed E-state index contributed by atoms with van der Waals surface area (Å²) in [6.45, 7) is 10.6. The number of ketones is 1. The van der Waals surface area contributed by atoms with Crippen molar-refractivity contribution in [1.29, 1.82) is 0 Å². The molecular formula is C40H59N5O6S. The van der Waals surface area contributed by atoms with Crippen LogP contribution in [0.15, 0.2) is 53.0 Å². The third kappa shape index (κ3) is 14.3. The Bertz CT molecular complexity index is 1670. The predicted octanol–water partition coefficient (Wildman–Crippen LogP) is 7.02. The quantitative estimate of drug-likeness (QED) is 0.0776. The number of fused-ring (bicyclic) bond motifs is 1. The molecule has 0 aliphatic heterocycles.